The quantitative estimate of drug-likeness (QED) is 0.916. The van der Waals surface area contributed by atoms with Gasteiger partial charge in [0, 0.05) is 11.7 Å². The van der Waals surface area contributed by atoms with Crippen LogP contribution in [0.5, 0.6) is 0 Å². The maximum absolute atomic E-state index is 4.13. The van der Waals surface area contributed by atoms with Crippen molar-refractivity contribution in [2.24, 2.45) is 5.92 Å². The third-order valence-electron chi connectivity index (χ3n) is 3.94. The third kappa shape index (κ3) is 2.95. The lowest BCUT2D eigenvalue weighted by Gasteiger charge is -2.27. The van der Waals surface area contributed by atoms with Crippen molar-refractivity contribution in [1.29, 1.82) is 0 Å². The maximum atomic E-state index is 4.13. The predicted octanol–water partition coefficient (Wildman–Crippen LogP) is 3.26. The van der Waals surface area contributed by atoms with Crippen molar-refractivity contribution in [3.05, 3.63) is 36.9 Å². The van der Waals surface area contributed by atoms with Crippen LogP contribution in [0.4, 0.5) is 5.69 Å². The van der Waals surface area contributed by atoms with E-state index in [-0.39, 0.29) is 0 Å². The summed E-state index contributed by atoms with van der Waals surface area (Å²) in [6.07, 6.45) is 8.52. The zero-order chi connectivity index (χ0) is 13.1. The lowest BCUT2D eigenvalue weighted by Crippen LogP contribution is -2.25. The average Bonchev–Trinajstić information content (AvgIpc) is 2.96. The molecule has 0 spiro atoms. The molecule has 0 radical (unpaired) electrons. The fourth-order valence-electron chi connectivity index (χ4n) is 2.69. The molecule has 1 saturated carbocycles. The van der Waals surface area contributed by atoms with Crippen LogP contribution >= 0.6 is 0 Å². The molecule has 1 heterocycles. The number of hydrogen-bond acceptors (Lipinski definition) is 3. The number of hydrogen-bond donors (Lipinski definition) is 1. The van der Waals surface area contributed by atoms with Gasteiger partial charge in [-0.1, -0.05) is 6.92 Å². The van der Waals surface area contributed by atoms with Gasteiger partial charge in [0.2, 0.25) is 0 Å². The van der Waals surface area contributed by atoms with E-state index >= 15 is 0 Å². The van der Waals surface area contributed by atoms with Gasteiger partial charge in [-0.05, 0) is 55.9 Å². The van der Waals surface area contributed by atoms with Crippen LogP contribution in [0.1, 0.15) is 32.6 Å². The highest BCUT2D eigenvalue weighted by atomic mass is 15.3. The minimum absolute atomic E-state index is 0.633. The van der Waals surface area contributed by atoms with E-state index in [1.54, 1.807) is 17.3 Å². The van der Waals surface area contributed by atoms with Crippen molar-refractivity contribution in [2.75, 3.05) is 5.32 Å². The molecule has 1 fully saturated rings. The Hall–Kier alpha value is -1.84. The van der Waals surface area contributed by atoms with Crippen LogP contribution in [-0.2, 0) is 0 Å². The molecule has 2 aromatic rings. The summed E-state index contributed by atoms with van der Waals surface area (Å²) in [5, 5.41) is 7.75. The Kier molecular flexibility index (Phi) is 3.49. The van der Waals surface area contributed by atoms with Crippen LogP contribution < -0.4 is 5.32 Å². The smallest absolute Gasteiger partial charge is 0.138 e. The molecule has 4 nitrogen and oxygen atoms in total. The molecule has 1 aromatic heterocycles. The van der Waals surface area contributed by atoms with Gasteiger partial charge in [-0.25, -0.2) is 9.67 Å². The Morgan fingerprint density at radius 1 is 1.11 bits per heavy atom. The van der Waals surface area contributed by atoms with Crippen LogP contribution in [0.15, 0.2) is 36.9 Å². The van der Waals surface area contributed by atoms with Gasteiger partial charge in [-0.2, -0.15) is 5.10 Å². The minimum atomic E-state index is 0.633. The van der Waals surface area contributed by atoms with Gasteiger partial charge in [0.25, 0.3) is 0 Å². The Morgan fingerprint density at radius 2 is 1.84 bits per heavy atom. The van der Waals surface area contributed by atoms with Gasteiger partial charge >= 0.3 is 0 Å². The number of nitrogens with zero attached hydrogens (tertiary/aromatic N) is 3. The van der Waals surface area contributed by atoms with Crippen LogP contribution in [0.25, 0.3) is 5.69 Å². The summed E-state index contributed by atoms with van der Waals surface area (Å²) < 4.78 is 1.77. The zero-order valence-electron chi connectivity index (χ0n) is 11.3. The van der Waals surface area contributed by atoms with Crippen molar-refractivity contribution >= 4 is 5.69 Å². The summed E-state index contributed by atoms with van der Waals surface area (Å²) >= 11 is 0. The highest BCUT2D eigenvalue weighted by molar-refractivity contribution is 5.49. The van der Waals surface area contributed by atoms with E-state index in [9.17, 15) is 0 Å². The van der Waals surface area contributed by atoms with Crippen molar-refractivity contribution in [2.45, 2.75) is 38.6 Å². The Bertz CT molecular complexity index is 495. The Balaban J connectivity index is 1.63. The maximum Gasteiger partial charge on any atom is 0.138 e. The SMILES string of the molecule is CC1CCC(Nc2ccc(-n3cncn3)cc2)CC1. The molecule has 0 saturated heterocycles. The van der Waals surface area contributed by atoms with Crippen LogP contribution in [0, 0.1) is 5.92 Å². The molecular formula is C15H20N4. The normalized spacial score (nSPS) is 23.2. The molecule has 1 aliphatic carbocycles. The summed E-state index contributed by atoms with van der Waals surface area (Å²) in [6, 6.07) is 9.02. The van der Waals surface area contributed by atoms with Gasteiger partial charge in [0.15, 0.2) is 0 Å². The van der Waals surface area contributed by atoms with Gasteiger partial charge in [0.1, 0.15) is 12.7 Å². The molecule has 0 aliphatic heterocycles. The average molecular weight is 256 g/mol. The topological polar surface area (TPSA) is 42.7 Å². The van der Waals surface area contributed by atoms with Crippen molar-refractivity contribution in [1.82, 2.24) is 14.8 Å². The highest BCUT2D eigenvalue weighted by Crippen LogP contribution is 2.26. The molecule has 4 heteroatoms. The fourth-order valence-corrected chi connectivity index (χ4v) is 2.69. The first-order chi connectivity index (χ1) is 9.31. The molecule has 1 N–H and O–H groups in total. The van der Waals surface area contributed by atoms with Crippen LogP contribution in [0.2, 0.25) is 0 Å². The number of anilines is 1. The Morgan fingerprint density at radius 3 is 2.47 bits per heavy atom. The van der Waals surface area contributed by atoms with Crippen molar-refractivity contribution < 1.29 is 0 Å². The molecule has 1 aliphatic rings. The van der Waals surface area contributed by atoms with E-state index in [4.69, 9.17) is 0 Å². The molecule has 0 bridgehead atoms. The second-order valence-corrected chi connectivity index (χ2v) is 5.49. The second kappa shape index (κ2) is 5.43. The Labute approximate surface area is 113 Å². The summed E-state index contributed by atoms with van der Waals surface area (Å²) in [5.41, 5.74) is 2.24. The number of nitrogens with one attached hydrogen (secondary N) is 1. The first kappa shape index (κ1) is 12.2. The molecule has 0 atom stereocenters. The number of aromatic nitrogens is 3. The van der Waals surface area contributed by atoms with Gasteiger partial charge < -0.3 is 5.32 Å². The van der Waals surface area contributed by atoms with E-state index in [1.165, 1.54) is 31.4 Å². The third-order valence-corrected chi connectivity index (χ3v) is 3.94. The fraction of sp³-hybridized carbons (Fsp3) is 0.467. The zero-order valence-corrected chi connectivity index (χ0v) is 11.3. The van der Waals surface area contributed by atoms with Gasteiger partial charge in [-0.15, -0.1) is 0 Å². The van der Waals surface area contributed by atoms with Gasteiger partial charge in [-0.3, -0.25) is 0 Å². The van der Waals surface area contributed by atoms with E-state index < -0.39 is 0 Å². The van der Waals surface area contributed by atoms with E-state index in [0.29, 0.717) is 6.04 Å². The lowest BCUT2D eigenvalue weighted by molar-refractivity contribution is 0.361. The lowest BCUT2D eigenvalue weighted by atomic mass is 9.87. The van der Waals surface area contributed by atoms with Crippen LogP contribution in [-0.4, -0.2) is 20.8 Å². The molecule has 3 rings (SSSR count). The molecule has 1 aromatic carbocycles. The van der Waals surface area contributed by atoms with Crippen molar-refractivity contribution in [3.63, 3.8) is 0 Å². The summed E-state index contributed by atoms with van der Waals surface area (Å²) in [5.74, 6) is 0.896. The largest absolute Gasteiger partial charge is 0.382 e. The van der Waals surface area contributed by atoms with Gasteiger partial charge in [0.05, 0.1) is 5.69 Å². The van der Waals surface area contributed by atoms with E-state index in [1.807, 2.05) is 0 Å². The standard InChI is InChI=1S/C15H20N4/c1-12-2-4-13(5-3-12)18-14-6-8-15(9-7-14)19-11-16-10-17-19/h6-13,18H,2-5H2,1H3. The number of benzene rings is 1. The molecule has 0 amide bonds. The summed E-state index contributed by atoms with van der Waals surface area (Å²) in [4.78, 5) is 3.96. The number of rotatable bonds is 3. The summed E-state index contributed by atoms with van der Waals surface area (Å²) in [6.45, 7) is 2.35. The summed E-state index contributed by atoms with van der Waals surface area (Å²) in [7, 11) is 0. The monoisotopic (exact) mass is 256 g/mol. The van der Waals surface area contributed by atoms with Crippen LogP contribution in [0.3, 0.4) is 0 Å². The molecular weight excluding hydrogens is 236 g/mol. The van der Waals surface area contributed by atoms with E-state index in [2.05, 4.69) is 46.6 Å². The minimum Gasteiger partial charge on any atom is -0.382 e. The molecule has 0 unspecified atom stereocenters. The van der Waals surface area contributed by atoms with Crippen molar-refractivity contribution in [3.8, 4) is 5.69 Å². The predicted molar refractivity (Wildman–Crippen MR) is 76.4 cm³/mol. The molecule has 19 heavy (non-hydrogen) atoms. The first-order valence-corrected chi connectivity index (χ1v) is 7.03. The van der Waals surface area contributed by atoms with E-state index in [0.717, 1.165) is 11.6 Å². The second-order valence-electron chi connectivity index (χ2n) is 5.49. The molecule has 100 valence electrons. The highest BCUT2D eigenvalue weighted by Gasteiger charge is 2.17. The first-order valence-electron chi connectivity index (χ1n) is 7.03.